The standard InChI is InChI=1S/C16H17ClN2O6S2.C10H9NO3S/c17-7-8-26(21,22)10-11-1-3-12(4-2-11)16(20)19-13-5-6-15(14(18)9-13)27(23,24)25;11-9-5-6-10(15(12,13)14)8-4-2-1-3-7(8)9/h1-6,9H,7-8,10,18H2,(H,19,20)(H,23,24,25);1-6H,11H2,(H,12,13,14). The highest BCUT2D eigenvalue weighted by atomic mass is 35.5. The molecule has 4 rings (SSSR count). The van der Waals surface area contributed by atoms with Gasteiger partial charge in [0.2, 0.25) is 0 Å². The Labute approximate surface area is 247 Å². The number of benzene rings is 4. The molecule has 4 aromatic carbocycles. The minimum absolute atomic E-state index is 0.0162. The number of nitrogens with one attached hydrogen (secondary N) is 1. The molecule has 12 nitrogen and oxygen atoms in total. The molecule has 0 aromatic heterocycles. The molecule has 0 atom stereocenters. The zero-order valence-corrected chi connectivity index (χ0v) is 24.8. The van der Waals surface area contributed by atoms with Crippen molar-refractivity contribution < 1.29 is 39.2 Å². The van der Waals surface area contributed by atoms with E-state index in [-0.39, 0.29) is 39.2 Å². The van der Waals surface area contributed by atoms with E-state index in [4.69, 9.17) is 32.2 Å². The molecule has 0 aliphatic heterocycles. The fourth-order valence-electron chi connectivity index (χ4n) is 3.78. The largest absolute Gasteiger partial charge is 0.398 e. The third kappa shape index (κ3) is 8.64. The Kier molecular flexibility index (Phi) is 10.2. The minimum atomic E-state index is -4.45. The minimum Gasteiger partial charge on any atom is -0.398 e. The van der Waals surface area contributed by atoms with Crippen molar-refractivity contribution in [1.82, 2.24) is 0 Å². The van der Waals surface area contributed by atoms with Gasteiger partial charge in [0.25, 0.3) is 26.1 Å². The number of alkyl halides is 1. The lowest BCUT2D eigenvalue weighted by atomic mass is 10.1. The van der Waals surface area contributed by atoms with E-state index in [1.54, 1.807) is 24.3 Å². The van der Waals surface area contributed by atoms with Gasteiger partial charge in [0.15, 0.2) is 9.84 Å². The molecule has 42 heavy (non-hydrogen) atoms. The number of amides is 1. The number of fused-ring (bicyclic) bond motifs is 1. The molecule has 0 aliphatic carbocycles. The zero-order chi connectivity index (χ0) is 31.3. The van der Waals surface area contributed by atoms with E-state index < -0.39 is 40.9 Å². The van der Waals surface area contributed by atoms with Crippen LogP contribution in [0.25, 0.3) is 10.8 Å². The van der Waals surface area contributed by atoms with E-state index in [1.165, 1.54) is 48.5 Å². The van der Waals surface area contributed by atoms with Crippen LogP contribution in [0.2, 0.25) is 0 Å². The van der Waals surface area contributed by atoms with Crippen LogP contribution in [0.3, 0.4) is 0 Å². The predicted octanol–water partition coefficient (Wildman–Crippen LogP) is 3.59. The SMILES string of the molecule is Nc1cc(NC(=O)c2ccc(CS(=O)(=O)CCCl)cc2)ccc1S(=O)(=O)O.Nc1ccc(S(=O)(=O)O)c2ccccc12. The monoisotopic (exact) mass is 655 g/mol. The molecule has 4 aromatic rings. The number of halogens is 1. The summed E-state index contributed by atoms with van der Waals surface area (Å²) in [5.74, 6) is -0.779. The van der Waals surface area contributed by atoms with Crippen molar-refractivity contribution in [3.05, 3.63) is 90.0 Å². The predicted molar refractivity (Wildman–Crippen MR) is 161 cm³/mol. The summed E-state index contributed by atoms with van der Waals surface area (Å²) in [4.78, 5) is 11.7. The third-order valence-electron chi connectivity index (χ3n) is 5.73. The molecule has 0 spiro atoms. The molecule has 0 saturated carbocycles. The molecule has 0 unspecified atom stereocenters. The molecular weight excluding hydrogens is 630 g/mol. The number of rotatable bonds is 8. The lowest BCUT2D eigenvalue weighted by Crippen LogP contribution is -2.13. The summed E-state index contributed by atoms with van der Waals surface area (Å²) in [5, 5.41) is 3.58. The van der Waals surface area contributed by atoms with Crippen LogP contribution in [-0.4, -0.2) is 51.9 Å². The van der Waals surface area contributed by atoms with Crippen LogP contribution in [0.1, 0.15) is 15.9 Å². The molecule has 0 aliphatic rings. The second kappa shape index (κ2) is 13.1. The number of nitrogens with two attached hydrogens (primary N) is 2. The summed E-state index contributed by atoms with van der Waals surface area (Å²) in [6, 6.07) is 19.1. The van der Waals surface area contributed by atoms with Gasteiger partial charge in [-0.15, -0.1) is 11.6 Å². The average molecular weight is 656 g/mol. The molecule has 16 heteroatoms. The van der Waals surface area contributed by atoms with Gasteiger partial charge in [0, 0.05) is 33.6 Å². The number of carbonyl (C=O) groups excluding carboxylic acids is 1. The zero-order valence-electron chi connectivity index (χ0n) is 21.6. The van der Waals surface area contributed by atoms with Crippen molar-refractivity contribution in [3.63, 3.8) is 0 Å². The number of hydrogen-bond donors (Lipinski definition) is 5. The van der Waals surface area contributed by atoms with E-state index in [2.05, 4.69) is 5.32 Å². The lowest BCUT2D eigenvalue weighted by Gasteiger charge is -2.09. The van der Waals surface area contributed by atoms with Crippen LogP contribution in [0, 0.1) is 0 Å². The van der Waals surface area contributed by atoms with E-state index in [9.17, 15) is 30.0 Å². The van der Waals surface area contributed by atoms with Gasteiger partial charge in [-0.1, -0.05) is 36.4 Å². The van der Waals surface area contributed by atoms with Gasteiger partial charge in [-0.3, -0.25) is 13.9 Å². The van der Waals surface area contributed by atoms with Crippen molar-refractivity contribution in [1.29, 1.82) is 0 Å². The lowest BCUT2D eigenvalue weighted by molar-refractivity contribution is 0.102. The summed E-state index contributed by atoms with van der Waals surface area (Å²) in [6.45, 7) is 0. The van der Waals surface area contributed by atoms with Crippen molar-refractivity contribution >= 4 is 75.4 Å². The van der Waals surface area contributed by atoms with Gasteiger partial charge in [-0.2, -0.15) is 16.8 Å². The van der Waals surface area contributed by atoms with E-state index in [0.717, 1.165) is 6.07 Å². The summed E-state index contributed by atoms with van der Waals surface area (Å²) < 4.78 is 85.9. The molecule has 224 valence electrons. The fraction of sp³-hybridized carbons (Fsp3) is 0.115. The molecule has 0 saturated heterocycles. The maximum absolute atomic E-state index is 12.3. The van der Waals surface area contributed by atoms with E-state index in [1.807, 2.05) is 0 Å². The number of sulfone groups is 1. The highest BCUT2D eigenvalue weighted by molar-refractivity contribution is 7.90. The average Bonchev–Trinajstić information content (AvgIpc) is 2.88. The van der Waals surface area contributed by atoms with Gasteiger partial charge >= 0.3 is 0 Å². The highest BCUT2D eigenvalue weighted by Gasteiger charge is 2.16. The Balaban J connectivity index is 0.000000271. The van der Waals surface area contributed by atoms with Crippen molar-refractivity contribution in [2.75, 3.05) is 28.4 Å². The Hall–Kier alpha value is -3.73. The second-order valence-electron chi connectivity index (χ2n) is 8.83. The van der Waals surface area contributed by atoms with Crippen molar-refractivity contribution in [2.24, 2.45) is 0 Å². The molecule has 0 bridgehead atoms. The fourth-order valence-corrected chi connectivity index (χ4v) is 6.86. The molecule has 1 amide bonds. The van der Waals surface area contributed by atoms with Crippen LogP contribution in [0.4, 0.5) is 17.1 Å². The Morgan fingerprint density at radius 1 is 0.738 bits per heavy atom. The summed E-state index contributed by atoms with van der Waals surface area (Å²) in [5.41, 5.74) is 12.6. The van der Waals surface area contributed by atoms with Crippen LogP contribution in [-0.2, 0) is 35.8 Å². The maximum Gasteiger partial charge on any atom is 0.296 e. The first-order valence-corrected chi connectivity index (χ1v) is 17.0. The van der Waals surface area contributed by atoms with Crippen LogP contribution >= 0.6 is 11.6 Å². The quantitative estimate of drug-likeness (QED) is 0.105. The number of nitrogen functional groups attached to an aromatic ring is 2. The number of anilines is 3. The summed E-state index contributed by atoms with van der Waals surface area (Å²) in [6.07, 6.45) is 0. The van der Waals surface area contributed by atoms with Gasteiger partial charge in [0.1, 0.15) is 9.79 Å². The normalized spacial score (nSPS) is 11.9. The second-order valence-corrected chi connectivity index (χ2v) is 14.2. The van der Waals surface area contributed by atoms with Gasteiger partial charge in [0.05, 0.1) is 17.2 Å². The molecule has 0 heterocycles. The van der Waals surface area contributed by atoms with Gasteiger partial charge in [-0.25, -0.2) is 8.42 Å². The van der Waals surface area contributed by atoms with Crippen LogP contribution in [0.5, 0.6) is 0 Å². The topological polar surface area (TPSA) is 224 Å². The van der Waals surface area contributed by atoms with Crippen molar-refractivity contribution in [2.45, 2.75) is 15.5 Å². The smallest absolute Gasteiger partial charge is 0.296 e. The Morgan fingerprint density at radius 2 is 1.31 bits per heavy atom. The Morgan fingerprint density at radius 3 is 1.86 bits per heavy atom. The van der Waals surface area contributed by atoms with Crippen LogP contribution in [0.15, 0.2) is 88.7 Å². The third-order valence-corrected chi connectivity index (χ3v) is 9.58. The van der Waals surface area contributed by atoms with Crippen molar-refractivity contribution in [3.8, 4) is 0 Å². The molecule has 0 fully saturated rings. The number of hydrogen-bond acceptors (Lipinski definition) is 9. The Bertz CT molecular complexity index is 1950. The highest BCUT2D eigenvalue weighted by Crippen LogP contribution is 2.27. The summed E-state index contributed by atoms with van der Waals surface area (Å²) >= 11 is 5.45. The van der Waals surface area contributed by atoms with E-state index >= 15 is 0 Å². The first-order chi connectivity index (χ1) is 19.5. The maximum atomic E-state index is 12.3. The van der Waals surface area contributed by atoms with Gasteiger partial charge < -0.3 is 16.8 Å². The first-order valence-electron chi connectivity index (χ1n) is 11.8. The molecular formula is C26H26ClN3O9S3. The van der Waals surface area contributed by atoms with Gasteiger partial charge in [-0.05, 0) is 48.0 Å². The number of carbonyl (C=O) groups is 1. The molecule has 7 N–H and O–H groups in total. The van der Waals surface area contributed by atoms with E-state index in [0.29, 0.717) is 22.0 Å². The summed E-state index contributed by atoms with van der Waals surface area (Å²) in [7, 11) is -12.0. The molecule has 0 radical (unpaired) electrons. The van der Waals surface area contributed by atoms with Crippen LogP contribution < -0.4 is 16.8 Å². The first kappa shape index (κ1) is 32.8.